The van der Waals surface area contributed by atoms with E-state index in [4.69, 9.17) is 4.74 Å². The molecule has 17 heavy (non-hydrogen) atoms. The van der Waals surface area contributed by atoms with Gasteiger partial charge in [-0.25, -0.2) is 8.78 Å². The van der Waals surface area contributed by atoms with Crippen LogP contribution in [0.25, 0.3) is 0 Å². The fourth-order valence-electron chi connectivity index (χ4n) is 2.23. The topological polar surface area (TPSA) is 24.5 Å². The maximum Gasteiger partial charge on any atom is 0.261 e. The van der Waals surface area contributed by atoms with Crippen LogP contribution in [0.1, 0.15) is 26.7 Å². The van der Waals surface area contributed by atoms with Crippen molar-refractivity contribution in [1.29, 1.82) is 0 Å². The number of piperidine rings is 1. The molecule has 1 saturated heterocycles. The Balaban J connectivity index is 2.12. The molecule has 0 radical (unpaired) electrons. The van der Waals surface area contributed by atoms with Gasteiger partial charge in [-0.15, -0.1) is 0 Å². The van der Waals surface area contributed by atoms with Crippen LogP contribution in [0.15, 0.2) is 0 Å². The van der Waals surface area contributed by atoms with Gasteiger partial charge in [0.1, 0.15) is 6.61 Å². The average molecular weight is 250 g/mol. The number of likely N-dealkylation sites (tertiary alicyclic amines) is 1. The molecule has 1 heterocycles. The summed E-state index contributed by atoms with van der Waals surface area (Å²) >= 11 is 0. The first-order chi connectivity index (χ1) is 8.08. The van der Waals surface area contributed by atoms with Gasteiger partial charge in [0.15, 0.2) is 0 Å². The molecule has 0 bridgehead atoms. The number of halogens is 2. The summed E-state index contributed by atoms with van der Waals surface area (Å²) in [5.41, 5.74) is 0. The van der Waals surface area contributed by atoms with E-state index in [9.17, 15) is 8.78 Å². The Bertz CT molecular complexity index is 203. The third kappa shape index (κ3) is 6.91. The van der Waals surface area contributed by atoms with Gasteiger partial charge in [-0.1, -0.05) is 13.8 Å². The molecule has 102 valence electrons. The van der Waals surface area contributed by atoms with E-state index < -0.39 is 13.0 Å². The highest BCUT2D eigenvalue weighted by atomic mass is 19.3. The molecule has 1 N–H and O–H groups in total. The summed E-state index contributed by atoms with van der Waals surface area (Å²) in [5.74, 6) is 0. The monoisotopic (exact) mass is 250 g/mol. The lowest BCUT2D eigenvalue weighted by molar-refractivity contribution is 0.00706. The number of hydrogen-bond donors (Lipinski definition) is 1. The number of nitrogens with one attached hydrogen (secondary N) is 1. The van der Waals surface area contributed by atoms with Crippen LogP contribution in [0, 0.1) is 0 Å². The average Bonchev–Trinajstić information content (AvgIpc) is 2.24. The number of alkyl halides is 2. The van der Waals surface area contributed by atoms with Crippen molar-refractivity contribution in [3.05, 3.63) is 0 Å². The predicted octanol–water partition coefficient (Wildman–Crippen LogP) is 1.73. The molecule has 1 aliphatic heterocycles. The van der Waals surface area contributed by atoms with E-state index >= 15 is 0 Å². The number of hydrogen-bond acceptors (Lipinski definition) is 3. The minimum absolute atomic E-state index is 0.402. The molecular formula is C12H24F2N2O. The zero-order valence-corrected chi connectivity index (χ0v) is 10.8. The van der Waals surface area contributed by atoms with Crippen molar-refractivity contribution in [1.82, 2.24) is 10.2 Å². The first-order valence-electron chi connectivity index (χ1n) is 6.42. The zero-order valence-electron chi connectivity index (χ0n) is 10.8. The van der Waals surface area contributed by atoms with E-state index in [2.05, 4.69) is 24.1 Å². The number of rotatable bonds is 7. The summed E-state index contributed by atoms with van der Waals surface area (Å²) in [7, 11) is 0. The lowest BCUT2D eigenvalue weighted by Gasteiger charge is -2.34. The van der Waals surface area contributed by atoms with Crippen molar-refractivity contribution < 1.29 is 13.5 Å². The van der Waals surface area contributed by atoms with Gasteiger partial charge in [-0.2, -0.15) is 0 Å². The van der Waals surface area contributed by atoms with E-state index in [1.807, 2.05) is 0 Å². The third-order valence-corrected chi connectivity index (χ3v) is 2.87. The van der Waals surface area contributed by atoms with Crippen molar-refractivity contribution in [3.8, 4) is 0 Å². The number of ether oxygens (including phenoxy) is 1. The molecule has 0 aromatic rings. The third-order valence-electron chi connectivity index (χ3n) is 2.87. The van der Waals surface area contributed by atoms with Gasteiger partial charge in [-0.3, -0.25) is 4.90 Å². The van der Waals surface area contributed by atoms with Gasteiger partial charge in [0, 0.05) is 25.2 Å². The van der Waals surface area contributed by atoms with E-state index in [1.165, 1.54) is 12.8 Å². The Morgan fingerprint density at radius 3 is 2.82 bits per heavy atom. The van der Waals surface area contributed by atoms with Gasteiger partial charge < -0.3 is 10.1 Å². The van der Waals surface area contributed by atoms with Gasteiger partial charge in [0.25, 0.3) is 6.43 Å². The highest BCUT2D eigenvalue weighted by molar-refractivity contribution is 4.79. The Kier molecular flexibility index (Phi) is 6.92. The molecule has 1 aliphatic rings. The summed E-state index contributed by atoms with van der Waals surface area (Å²) in [6.07, 6.45) is 0.0120. The van der Waals surface area contributed by atoms with Crippen molar-refractivity contribution in [2.45, 2.75) is 45.2 Å². The fraction of sp³-hybridized carbons (Fsp3) is 1.00. The van der Waals surface area contributed by atoms with Gasteiger partial charge in [0.05, 0.1) is 6.61 Å². The molecule has 1 unspecified atom stereocenters. The van der Waals surface area contributed by atoms with Crippen molar-refractivity contribution >= 4 is 0 Å². The molecule has 1 rings (SSSR count). The first kappa shape index (κ1) is 14.8. The van der Waals surface area contributed by atoms with Crippen molar-refractivity contribution in [3.63, 3.8) is 0 Å². The largest absolute Gasteiger partial charge is 0.374 e. The first-order valence-corrected chi connectivity index (χ1v) is 6.42. The SMILES string of the molecule is CC(C)NC1CCCN(CCOCC(F)F)C1. The zero-order chi connectivity index (χ0) is 12.7. The van der Waals surface area contributed by atoms with Crippen LogP contribution in [0.4, 0.5) is 8.78 Å². The second kappa shape index (κ2) is 7.95. The molecule has 0 aliphatic carbocycles. The maximum absolute atomic E-state index is 11.9. The Morgan fingerprint density at radius 2 is 2.18 bits per heavy atom. The minimum atomic E-state index is -2.35. The van der Waals surface area contributed by atoms with E-state index in [0.29, 0.717) is 18.7 Å². The molecule has 0 amide bonds. The van der Waals surface area contributed by atoms with E-state index in [0.717, 1.165) is 19.6 Å². The normalized spacial score (nSPS) is 22.6. The van der Waals surface area contributed by atoms with Crippen LogP contribution < -0.4 is 5.32 Å². The van der Waals surface area contributed by atoms with E-state index in [-0.39, 0.29) is 0 Å². The molecule has 0 spiro atoms. The molecule has 5 heteroatoms. The minimum Gasteiger partial charge on any atom is -0.374 e. The summed E-state index contributed by atoms with van der Waals surface area (Å²) < 4.78 is 28.6. The summed E-state index contributed by atoms with van der Waals surface area (Å²) in [6, 6.07) is 1.02. The smallest absolute Gasteiger partial charge is 0.261 e. The summed E-state index contributed by atoms with van der Waals surface area (Å²) in [6.45, 7) is 7.04. The summed E-state index contributed by atoms with van der Waals surface area (Å²) in [4.78, 5) is 2.29. The Labute approximate surface area is 103 Å². The highest BCUT2D eigenvalue weighted by Gasteiger charge is 2.19. The van der Waals surface area contributed by atoms with Crippen molar-refractivity contribution in [2.24, 2.45) is 0 Å². The quantitative estimate of drug-likeness (QED) is 0.696. The van der Waals surface area contributed by atoms with Crippen LogP contribution in [-0.4, -0.2) is 56.3 Å². The number of nitrogens with zero attached hydrogens (tertiary/aromatic N) is 1. The predicted molar refractivity (Wildman–Crippen MR) is 64.6 cm³/mol. The van der Waals surface area contributed by atoms with Gasteiger partial charge in [0.2, 0.25) is 0 Å². The molecule has 1 atom stereocenters. The highest BCUT2D eigenvalue weighted by Crippen LogP contribution is 2.10. The van der Waals surface area contributed by atoms with Crippen LogP contribution in [0.2, 0.25) is 0 Å². The maximum atomic E-state index is 11.9. The van der Waals surface area contributed by atoms with Crippen LogP contribution in [0.3, 0.4) is 0 Å². The van der Waals surface area contributed by atoms with Crippen LogP contribution in [-0.2, 0) is 4.74 Å². The van der Waals surface area contributed by atoms with Crippen LogP contribution >= 0.6 is 0 Å². The van der Waals surface area contributed by atoms with E-state index in [1.54, 1.807) is 0 Å². The Hall–Kier alpha value is -0.260. The molecule has 1 fully saturated rings. The Morgan fingerprint density at radius 1 is 1.41 bits per heavy atom. The molecule has 0 aromatic carbocycles. The van der Waals surface area contributed by atoms with Crippen LogP contribution in [0.5, 0.6) is 0 Å². The van der Waals surface area contributed by atoms with Gasteiger partial charge in [-0.05, 0) is 19.4 Å². The fourth-order valence-corrected chi connectivity index (χ4v) is 2.23. The molecule has 0 saturated carbocycles. The second-order valence-corrected chi connectivity index (χ2v) is 4.93. The molecule has 3 nitrogen and oxygen atoms in total. The molecule has 0 aromatic heterocycles. The summed E-state index contributed by atoms with van der Waals surface area (Å²) in [5, 5.41) is 3.52. The second-order valence-electron chi connectivity index (χ2n) is 4.93. The standard InChI is InChI=1S/C12H24F2N2O/c1-10(2)15-11-4-3-5-16(8-11)6-7-17-9-12(13)14/h10-12,15H,3-9H2,1-2H3. The van der Waals surface area contributed by atoms with Gasteiger partial charge >= 0.3 is 0 Å². The van der Waals surface area contributed by atoms with Crippen molar-refractivity contribution in [2.75, 3.05) is 32.8 Å². The lowest BCUT2D eigenvalue weighted by Crippen LogP contribution is -2.48. The molecular weight excluding hydrogens is 226 g/mol. The lowest BCUT2D eigenvalue weighted by atomic mass is 10.1.